The summed E-state index contributed by atoms with van der Waals surface area (Å²) in [5.74, 6) is 1.37. The van der Waals surface area contributed by atoms with Gasteiger partial charge in [-0.05, 0) is 36.0 Å². The summed E-state index contributed by atoms with van der Waals surface area (Å²) in [6.07, 6.45) is 1.27. The Labute approximate surface area is 66.1 Å². The van der Waals surface area contributed by atoms with Crippen LogP contribution < -0.4 is 0 Å². The van der Waals surface area contributed by atoms with Gasteiger partial charge in [-0.3, -0.25) is 0 Å². The van der Waals surface area contributed by atoms with Crippen LogP contribution in [0.3, 0.4) is 0 Å². The van der Waals surface area contributed by atoms with Gasteiger partial charge in [-0.1, -0.05) is 19.1 Å². The Balaban J connectivity index is 2.21. The zero-order valence-corrected chi connectivity index (χ0v) is 6.55. The van der Waals surface area contributed by atoms with E-state index in [-0.39, 0.29) is 5.82 Å². The van der Waals surface area contributed by atoms with Gasteiger partial charge in [0.05, 0.1) is 0 Å². The number of benzene rings is 1. The molecule has 0 radical (unpaired) electrons. The van der Waals surface area contributed by atoms with Gasteiger partial charge >= 0.3 is 0 Å². The van der Waals surface area contributed by atoms with E-state index in [1.807, 2.05) is 12.1 Å². The fraction of sp³-hybridized carbons (Fsp3) is 0.400. The first-order valence-corrected chi connectivity index (χ1v) is 4.03. The van der Waals surface area contributed by atoms with Gasteiger partial charge in [0.25, 0.3) is 0 Å². The first-order chi connectivity index (χ1) is 5.27. The molecule has 1 aliphatic carbocycles. The van der Waals surface area contributed by atoms with Gasteiger partial charge in [0.15, 0.2) is 0 Å². The van der Waals surface area contributed by atoms with Gasteiger partial charge in [0.2, 0.25) is 0 Å². The Bertz CT molecular complexity index is 250. The van der Waals surface area contributed by atoms with Gasteiger partial charge in [-0.2, -0.15) is 0 Å². The molecule has 0 nitrogen and oxygen atoms in total. The van der Waals surface area contributed by atoms with Crippen molar-refractivity contribution in [2.24, 2.45) is 5.92 Å². The Morgan fingerprint density at radius 1 is 1.27 bits per heavy atom. The quantitative estimate of drug-likeness (QED) is 0.577. The number of halogens is 1. The third kappa shape index (κ3) is 1.28. The third-order valence-electron chi connectivity index (χ3n) is 2.41. The SMILES string of the molecule is CC1C[C@H]1c1ccc(F)cc1. The maximum absolute atomic E-state index is 12.5. The van der Waals surface area contributed by atoms with Crippen LogP contribution >= 0.6 is 0 Å². The monoisotopic (exact) mass is 150 g/mol. The van der Waals surface area contributed by atoms with Gasteiger partial charge < -0.3 is 0 Å². The van der Waals surface area contributed by atoms with E-state index in [1.54, 1.807) is 12.1 Å². The maximum Gasteiger partial charge on any atom is 0.123 e. The second-order valence-corrected chi connectivity index (χ2v) is 3.37. The maximum atomic E-state index is 12.5. The van der Waals surface area contributed by atoms with E-state index in [1.165, 1.54) is 12.0 Å². The van der Waals surface area contributed by atoms with E-state index in [0.717, 1.165) is 5.92 Å². The van der Waals surface area contributed by atoms with Gasteiger partial charge in [0.1, 0.15) is 5.82 Å². The van der Waals surface area contributed by atoms with Crippen molar-refractivity contribution in [3.63, 3.8) is 0 Å². The van der Waals surface area contributed by atoms with E-state index in [4.69, 9.17) is 0 Å². The summed E-state index contributed by atoms with van der Waals surface area (Å²) >= 11 is 0. The van der Waals surface area contributed by atoms with E-state index >= 15 is 0 Å². The molecule has 1 aromatic carbocycles. The molecule has 2 atom stereocenters. The molecule has 1 saturated carbocycles. The van der Waals surface area contributed by atoms with Crippen LogP contribution in [0, 0.1) is 11.7 Å². The van der Waals surface area contributed by atoms with E-state index in [0.29, 0.717) is 5.92 Å². The highest BCUT2D eigenvalue weighted by Gasteiger charge is 2.33. The van der Waals surface area contributed by atoms with E-state index in [2.05, 4.69) is 6.92 Å². The summed E-state index contributed by atoms with van der Waals surface area (Å²) in [5, 5.41) is 0. The number of rotatable bonds is 1. The molecule has 1 aliphatic rings. The van der Waals surface area contributed by atoms with Crippen LogP contribution in [-0.2, 0) is 0 Å². The number of hydrogen-bond donors (Lipinski definition) is 0. The first-order valence-electron chi connectivity index (χ1n) is 4.03. The molecule has 0 bridgehead atoms. The summed E-state index contributed by atoms with van der Waals surface area (Å²) in [7, 11) is 0. The van der Waals surface area contributed by atoms with Crippen molar-refractivity contribution >= 4 is 0 Å². The minimum absolute atomic E-state index is 0.137. The Hall–Kier alpha value is -0.850. The summed E-state index contributed by atoms with van der Waals surface area (Å²) in [4.78, 5) is 0. The van der Waals surface area contributed by atoms with E-state index in [9.17, 15) is 4.39 Å². The topological polar surface area (TPSA) is 0 Å². The molecular formula is C10H11F. The summed E-state index contributed by atoms with van der Waals surface area (Å²) in [5.41, 5.74) is 1.29. The van der Waals surface area contributed by atoms with Crippen LogP contribution in [0.15, 0.2) is 24.3 Å². The highest BCUT2D eigenvalue weighted by molar-refractivity contribution is 5.25. The summed E-state index contributed by atoms with van der Waals surface area (Å²) in [6.45, 7) is 2.23. The average Bonchev–Trinajstić information content (AvgIpc) is 2.69. The van der Waals surface area contributed by atoms with Crippen molar-refractivity contribution < 1.29 is 4.39 Å². The van der Waals surface area contributed by atoms with Crippen LogP contribution in [0.25, 0.3) is 0 Å². The van der Waals surface area contributed by atoms with Gasteiger partial charge in [-0.25, -0.2) is 4.39 Å². The first kappa shape index (κ1) is 6.84. The predicted molar refractivity (Wildman–Crippen MR) is 42.9 cm³/mol. The minimum Gasteiger partial charge on any atom is -0.207 e. The molecule has 0 aliphatic heterocycles. The van der Waals surface area contributed by atoms with Crippen LogP contribution in [0.2, 0.25) is 0 Å². The normalized spacial score (nSPS) is 28.5. The molecule has 58 valence electrons. The highest BCUT2D eigenvalue weighted by Crippen LogP contribution is 2.46. The Morgan fingerprint density at radius 3 is 2.27 bits per heavy atom. The lowest BCUT2D eigenvalue weighted by Crippen LogP contribution is -1.80. The lowest BCUT2D eigenvalue weighted by atomic mass is 10.1. The second-order valence-electron chi connectivity index (χ2n) is 3.37. The molecule has 2 rings (SSSR count). The molecule has 0 spiro atoms. The molecule has 0 amide bonds. The molecule has 1 aromatic rings. The second kappa shape index (κ2) is 2.33. The molecule has 0 saturated heterocycles. The molecule has 1 heteroatoms. The van der Waals surface area contributed by atoms with Crippen molar-refractivity contribution in [2.75, 3.05) is 0 Å². The van der Waals surface area contributed by atoms with Crippen LogP contribution in [0.5, 0.6) is 0 Å². The summed E-state index contributed by atoms with van der Waals surface area (Å²) < 4.78 is 12.5. The molecule has 1 fully saturated rings. The molecule has 0 heterocycles. The Kier molecular flexibility index (Phi) is 1.45. The fourth-order valence-electron chi connectivity index (χ4n) is 1.50. The minimum atomic E-state index is -0.137. The molecule has 0 N–H and O–H groups in total. The zero-order chi connectivity index (χ0) is 7.84. The average molecular weight is 150 g/mol. The highest BCUT2D eigenvalue weighted by atomic mass is 19.1. The molecular weight excluding hydrogens is 139 g/mol. The largest absolute Gasteiger partial charge is 0.207 e. The van der Waals surface area contributed by atoms with Crippen molar-refractivity contribution in [2.45, 2.75) is 19.3 Å². The zero-order valence-electron chi connectivity index (χ0n) is 6.55. The predicted octanol–water partition coefficient (Wildman–Crippen LogP) is 2.95. The number of hydrogen-bond acceptors (Lipinski definition) is 0. The Morgan fingerprint density at radius 2 is 1.82 bits per heavy atom. The van der Waals surface area contributed by atoms with E-state index < -0.39 is 0 Å². The third-order valence-corrected chi connectivity index (χ3v) is 2.41. The molecule has 1 unspecified atom stereocenters. The fourth-order valence-corrected chi connectivity index (χ4v) is 1.50. The van der Waals surface area contributed by atoms with Gasteiger partial charge in [0, 0.05) is 0 Å². The van der Waals surface area contributed by atoms with Crippen molar-refractivity contribution in [1.82, 2.24) is 0 Å². The lowest BCUT2D eigenvalue weighted by molar-refractivity contribution is 0.627. The molecule has 11 heavy (non-hydrogen) atoms. The standard InChI is InChI=1S/C10H11F/c1-7-6-10(7)8-2-4-9(11)5-3-8/h2-5,7,10H,6H2,1H3/t7?,10-/m1/s1. The van der Waals surface area contributed by atoms with Crippen molar-refractivity contribution in [3.8, 4) is 0 Å². The van der Waals surface area contributed by atoms with Crippen molar-refractivity contribution in [3.05, 3.63) is 35.6 Å². The van der Waals surface area contributed by atoms with Crippen LogP contribution in [-0.4, -0.2) is 0 Å². The van der Waals surface area contributed by atoms with Crippen molar-refractivity contribution in [1.29, 1.82) is 0 Å². The van der Waals surface area contributed by atoms with Crippen LogP contribution in [0.1, 0.15) is 24.8 Å². The summed E-state index contributed by atoms with van der Waals surface area (Å²) in [6, 6.07) is 6.87. The van der Waals surface area contributed by atoms with Gasteiger partial charge in [-0.15, -0.1) is 0 Å². The van der Waals surface area contributed by atoms with Crippen LogP contribution in [0.4, 0.5) is 4.39 Å². The smallest absolute Gasteiger partial charge is 0.123 e. The lowest BCUT2D eigenvalue weighted by Gasteiger charge is -1.96. The molecule has 0 aromatic heterocycles.